The Bertz CT molecular complexity index is 353. The molecule has 3 aliphatic rings. The number of amides is 1. The summed E-state index contributed by atoms with van der Waals surface area (Å²) in [4.78, 5) is 14.3. The van der Waals surface area contributed by atoms with Crippen molar-refractivity contribution >= 4 is 5.91 Å². The van der Waals surface area contributed by atoms with Crippen molar-refractivity contribution < 1.29 is 14.3 Å². The quantitative estimate of drug-likeness (QED) is 0.857. The molecule has 0 unspecified atom stereocenters. The Hall–Kier alpha value is -0.650. The molecule has 0 atom stereocenters. The van der Waals surface area contributed by atoms with Crippen molar-refractivity contribution in [2.75, 3.05) is 26.8 Å². The minimum Gasteiger partial charge on any atom is -0.352 e. The van der Waals surface area contributed by atoms with Gasteiger partial charge in [0.25, 0.3) is 0 Å². The molecule has 1 spiro atoms. The standard InChI is InChI=1S/C16H28N2O3/c1-18(12-15(19)17-13-4-2-3-5-13)14-6-8-16(9-7-14)20-10-11-21-16/h13-14H,2-12H2,1H3,(H,17,19). The Balaban J connectivity index is 1.41. The molecule has 0 aromatic rings. The second-order valence-corrected chi connectivity index (χ2v) is 6.80. The van der Waals surface area contributed by atoms with Crippen molar-refractivity contribution in [3.63, 3.8) is 0 Å². The lowest BCUT2D eigenvalue weighted by Crippen LogP contribution is -2.47. The lowest BCUT2D eigenvalue weighted by atomic mass is 9.89. The number of hydrogen-bond donors (Lipinski definition) is 1. The lowest BCUT2D eigenvalue weighted by Gasteiger charge is -2.38. The van der Waals surface area contributed by atoms with Gasteiger partial charge in [-0.2, -0.15) is 0 Å². The minimum atomic E-state index is -0.302. The highest BCUT2D eigenvalue weighted by Crippen LogP contribution is 2.36. The first-order valence-corrected chi connectivity index (χ1v) is 8.44. The van der Waals surface area contributed by atoms with Crippen molar-refractivity contribution in [1.82, 2.24) is 10.2 Å². The molecule has 0 radical (unpaired) electrons. The Morgan fingerprint density at radius 1 is 1.14 bits per heavy atom. The topological polar surface area (TPSA) is 50.8 Å². The lowest BCUT2D eigenvalue weighted by molar-refractivity contribution is -0.183. The highest BCUT2D eigenvalue weighted by molar-refractivity contribution is 5.78. The zero-order valence-electron chi connectivity index (χ0n) is 13.1. The van der Waals surface area contributed by atoms with Gasteiger partial charge in [0.1, 0.15) is 0 Å². The molecule has 5 heteroatoms. The number of hydrogen-bond acceptors (Lipinski definition) is 4. The van der Waals surface area contributed by atoms with Crippen molar-refractivity contribution in [3.05, 3.63) is 0 Å². The number of nitrogens with zero attached hydrogens (tertiary/aromatic N) is 1. The van der Waals surface area contributed by atoms with Crippen LogP contribution in [0.15, 0.2) is 0 Å². The number of likely N-dealkylation sites (N-methyl/N-ethyl adjacent to an activating group) is 1. The average molecular weight is 296 g/mol. The molecule has 1 amide bonds. The predicted octanol–water partition coefficient (Wildman–Crippen LogP) is 1.66. The van der Waals surface area contributed by atoms with Gasteiger partial charge in [0.2, 0.25) is 5.91 Å². The maximum absolute atomic E-state index is 12.1. The van der Waals surface area contributed by atoms with Gasteiger partial charge in [0.05, 0.1) is 19.8 Å². The van der Waals surface area contributed by atoms with Gasteiger partial charge in [-0.3, -0.25) is 9.69 Å². The first kappa shape index (κ1) is 15.3. The normalized spacial score (nSPS) is 26.8. The van der Waals surface area contributed by atoms with Crippen LogP contribution in [0.3, 0.4) is 0 Å². The molecule has 1 saturated heterocycles. The second-order valence-electron chi connectivity index (χ2n) is 6.80. The summed E-state index contributed by atoms with van der Waals surface area (Å²) in [5.41, 5.74) is 0. The summed E-state index contributed by atoms with van der Waals surface area (Å²) in [6.45, 7) is 1.96. The first-order valence-electron chi connectivity index (χ1n) is 8.44. The summed E-state index contributed by atoms with van der Waals surface area (Å²) >= 11 is 0. The molecule has 2 saturated carbocycles. The molecule has 3 rings (SSSR count). The molecule has 21 heavy (non-hydrogen) atoms. The molecule has 0 aromatic carbocycles. The zero-order valence-corrected chi connectivity index (χ0v) is 13.1. The van der Waals surface area contributed by atoms with E-state index in [1.54, 1.807) is 0 Å². The van der Waals surface area contributed by atoms with Crippen LogP contribution in [-0.4, -0.2) is 55.5 Å². The Morgan fingerprint density at radius 2 is 1.76 bits per heavy atom. The molecule has 3 fully saturated rings. The minimum absolute atomic E-state index is 0.179. The Labute approximate surface area is 127 Å². The van der Waals surface area contributed by atoms with Gasteiger partial charge in [-0.15, -0.1) is 0 Å². The van der Waals surface area contributed by atoms with Gasteiger partial charge in [0, 0.05) is 24.9 Å². The second kappa shape index (κ2) is 6.63. The molecule has 2 aliphatic carbocycles. The van der Waals surface area contributed by atoms with E-state index in [0.29, 0.717) is 18.6 Å². The van der Waals surface area contributed by atoms with E-state index in [1.165, 1.54) is 12.8 Å². The van der Waals surface area contributed by atoms with E-state index in [0.717, 1.165) is 51.7 Å². The van der Waals surface area contributed by atoms with E-state index in [-0.39, 0.29) is 11.7 Å². The van der Waals surface area contributed by atoms with E-state index in [2.05, 4.69) is 17.3 Å². The van der Waals surface area contributed by atoms with Gasteiger partial charge in [-0.05, 0) is 32.7 Å². The van der Waals surface area contributed by atoms with Crippen LogP contribution in [0, 0.1) is 0 Å². The highest BCUT2D eigenvalue weighted by Gasteiger charge is 2.41. The molecule has 1 heterocycles. The van der Waals surface area contributed by atoms with Crippen LogP contribution in [0.25, 0.3) is 0 Å². The van der Waals surface area contributed by atoms with E-state index >= 15 is 0 Å². The Kier molecular flexibility index (Phi) is 4.82. The van der Waals surface area contributed by atoms with Crippen LogP contribution in [0.2, 0.25) is 0 Å². The van der Waals surface area contributed by atoms with Gasteiger partial charge in [-0.1, -0.05) is 12.8 Å². The largest absolute Gasteiger partial charge is 0.352 e. The summed E-state index contributed by atoms with van der Waals surface area (Å²) in [5.74, 6) is -0.123. The van der Waals surface area contributed by atoms with Gasteiger partial charge in [-0.25, -0.2) is 0 Å². The number of carbonyl (C=O) groups is 1. The molecule has 1 N–H and O–H groups in total. The van der Waals surface area contributed by atoms with Crippen LogP contribution < -0.4 is 5.32 Å². The van der Waals surface area contributed by atoms with Crippen molar-refractivity contribution in [2.24, 2.45) is 0 Å². The third-order valence-electron chi connectivity index (χ3n) is 5.27. The van der Waals surface area contributed by atoms with E-state index < -0.39 is 0 Å². The predicted molar refractivity (Wildman–Crippen MR) is 79.9 cm³/mol. The Morgan fingerprint density at radius 3 is 2.38 bits per heavy atom. The van der Waals surface area contributed by atoms with Crippen molar-refractivity contribution in [2.45, 2.75) is 69.2 Å². The maximum atomic E-state index is 12.1. The average Bonchev–Trinajstić information content (AvgIpc) is 3.12. The van der Waals surface area contributed by atoms with Gasteiger partial charge in [0.15, 0.2) is 5.79 Å². The zero-order chi connectivity index (χ0) is 14.7. The van der Waals surface area contributed by atoms with Gasteiger partial charge >= 0.3 is 0 Å². The molecule has 120 valence electrons. The molecular formula is C16H28N2O3. The number of carbonyl (C=O) groups excluding carboxylic acids is 1. The fraction of sp³-hybridized carbons (Fsp3) is 0.938. The summed E-state index contributed by atoms with van der Waals surface area (Å²) in [6, 6.07) is 0.888. The van der Waals surface area contributed by atoms with Crippen LogP contribution in [0.5, 0.6) is 0 Å². The van der Waals surface area contributed by atoms with Crippen molar-refractivity contribution in [3.8, 4) is 0 Å². The van der Waals surface area contributed by atoms with Crippen LogP contribution >= 0.6 is 0 Å². The summed E-state index contributed by atoms with van der Waals surface area (Å²) < 4.78 is 11.5. The third kappa shape index (κ3) is 3.76. The number of rotatable bonds is 4. The van der Waals surface area contributed by atoms with Crippen LogP contribution in [-0.2, 0) is 14.3 Å². The summed E-state index contributed by atoms with van der Waals surface area (Å²) in [5, 5.41) is 3.17. The molecule has 5 nitrogen and oxygen atoms in total. The van der Waals surface area contributed by atoms with Gasteiger partial charge < -0.3 is 14.8 Å². The highest BCUT2D eigenvalue weighted by atomic mass is 16.7. The summed E-state index contributed by atoms with van der Waals surface area (Å²) in [7, 11) is 2.06. The van der Waals surface area contributed by atoms with Crippen LogP contribution in [0.4, 0.5) is 0 Å². The fourth-order valence-electron chi connectivity index (χ4n) is 3.97. The maximum Gasteiger partial charge on any atom is 0.234 e. The molecule has 0 aromatic heterocycles. The fourth-order valence-corrected chi connectivity index (χ4v) is 3.97. The van der Waals surface area contributed by atoms with E-state index in [1.807, 2.05) is 0 Å². The number of nitrogens with one attached hydrogen (secondary N) is 1. The smallest absolute Gasteiger partial charge is 0.234 e. The third-order valence-corrected chi connectivity index (χ3v) is 5.27. The van der Waals surface area contributed by atoms with Crippen molar-refractivity contribution in [1.29, 1.82) is 0 Å². The number of ether oxygens (including phenoxy) is 2. The molecular weight excluding hydrogens is 268 g/mol. The summed E-state index contributed by atoms with van der Waals surface area (Å²) in [6.07, 6.45) is 8.81. The van der Waals surface area contributed by atoms with E-state index in [4.69, 9.17) is 9.47 Å². The SMILES string of the molecule is CN(CC(=O)NC1CCCC1)C1CCC2(CC1)OCCO2. The first-order chi connectivity index (χ1) is 10.2. The van der Waals surface area contributed by atoms with E-state index in [9.17, 15) is 4.79 Å². The van der Waals surface area contributed by atoms with Crippen LogP contribution in [0.1, 0.15) is 51.4 Å². The monoisotopic (exact) mass is 296 g/mol. The molecule has 1 aliphatic heterocycles. The molecule has 0 bridgehead atoms.